The molecule has 0 aliphatic rings. The van der Waals surface area contributed by atoms with Gasteiger partial charge in [-0.1, -0.05) is 6.07 Å². The highest BCUT2D eigenvalue weighted by molar-refractivity contribution is 6.06. The topological polar surface area (TPSA) is 71.2 Å². The second-order valence-corrected chi connectivity index (χ2v) is 5.03. The number of hydrogen-bond acceptors (Lipinski definition) is 3. The first-order valence-electron chi connectivity index (χ1n) is 6.70. The van der Waals surface area contributed by atoms with Crippen LogP contribution in [0.15, 0.2) is 18.2 Å². The number of carbonyl (C=O) groups is 2. The molecule has 0 aliphatic heterocycles. The summed E-state index contributed by atoms with van der Waals surface area (Å²) in [6.07, 6.45) is 0. The van der Waals surface area contributed by atoms with Crippen LogP contribution in [0.25, 0.3) is 0 Å². The second kappa shape index (κ2) is 6.01. The van der Waals surface area contributed by atoms with Gasteiger partial charge in [0.25, 0.3) is 5.91 Å². The minimum atomic E-state index is -0.508. The molecule has 6 heteroatoms. The zero-order valence-electron chi connectivity index (χ0n) is 12.8. The van der Waals surface area contributed by atoms with Crippen LogP contribution in [0.5, 0.6) is 0 Å². The number of rotatable bonds is 3. The van der Waals surface area contributed by atoms with E-state index in [2.05, 4.69) is 10.3 Å². The average molecular weight is 304 g/mol. The van der Waals surface area contributed by atoms with E-state index in [1.165, 1.54) is 13.2 Å². The number of esters is 1. The molecule has 2 rings (SSSR count). The molecule has 0 bridgehead atoms. The number of amides is 1. The number of aryl methyl sites for hydroxylation is 2. The molecule has 0 saturated heterocycles. The Balaban J connectivity index is 2.30. The molecule has 2 aromatic rings. The third-order valence-corrected chi connectivity index (χ3v) is 3.48. The summed E-state index contributed by atoms with van der Waals surface area (Å²) in [6.45, 7) is 4.98. The van der Waals surface area contributed by atoms with Crippen molar-refractivity contribution in [3.8, 4) is 0 Å². The van der Waals surface area contributed by atoms with Crippen molar-refractivity contribution in [3.05, 3.63) is 52.1 Å². The molecule has 1 amide bonds. The number of halogens is 1. The predicted octanol–water partition coefficient (Wildman–Crippen LogP) is 3.12. The Morgan fingerprint density at radius 1 is 1.23 bits per heavy atom. The molecule has 0 fully saturated rings. The summed E-state index contributed by atoms with van der Waals surface area (Å²) in [6, 6.07) is 4.44. The Hall–Kier alpha value is -2.63. The second-order valence-electron chi connectivity index (χ2n) is 5.03. The number of methoxy groups -OCH3 is 1. The van der Waals surface area contributed by atoms with Gasteiger partial charge in [0.15, 0.2) is 0 Å². The molecule has 22 heavy (non-hydrogen) atoms. The highest BCUT2D eigenvalue weighted by Gasteiger charge is 2.22. The minimum absolute atomic E-state index is 0.249. The van der Waals surface area contributed by atoms with Gasteiger partial charge in [-0.25, -0.2) is 9.18 Å². The molecule has 1 aromatic carbocycles. The lowest BCUT2D eigenvalue weighted by atomic mass is 10.1. The van der Waals surface area contributed by atoms with Crippen molar-refractivity contribution in [2.75, 3.05) is 12.4 Å². The maximum atomic E-state index is 13.5. The lowest BCUT2D eigenvalue weighted by Crippen LogP contribution is -2.14. The van der Waals surface area contributed by atoms with Gasteiger partial charge in [-0.3, -0.25) is 4.79 Å². The van der Waals surface area contributed by atoms with E-state index in [1.54, 1.807) is 32.9 Å². The van der Waals surface area contributed by atoms with E-state index in [0.29, 0.717) is 28.1 Å². The van der Waals surface area contributed by atoms with E-state index in [-0.39, 0.29) is 5.69 Å². The van der Waals surface area contributed by atoms with Crippen molar-refractivity contribution in [2.24, 2.45) is 0 Å². The number of H-pyrrole nitrogens is 1. The standard InChI is InChI=1S/C16H17FN2O3/c1-8-5-6-11(7-12(8)17)19-15(20)14-9(2)13(10(3)18-14)16(21)22-4/h5-7,18H,1-4H3,(H,19,20). The maximum absolute atomic E-state index is 13.5. The molecule has 1 aromatic heterocycles. The van der Waals surface area contributed by atoms with Crippen LogP contribution in [0.4, 0.5) is 10.1 Å². The van der Waals surface area contributed by atoms with Crippen LogP contribution in [0.3, 0.4) is 0 Å². The summed E-state index contributed by atoms with van der Waals surface area (Å²) in [4.78, 5) is 26.9. The van der Waals surface area contributed by atoms with Gasteiger partial charge >= 0.3 is 5.97 Å². The number of benzene rings is 1. The molecule has 0 saturated carbocycles. The van der Waals surface area contributed by atoms with Crippen molar-refractivity contribution in [2.45, 2.75) is 20.8 Å². The third-order valence-electron chi connectivity index (χ3n) is 3.48. The fourth-order valence-corrected chi connectivity index (χ4v) is 2.25. The van der Waals surface area contributed by atoms with Crippen LogP contribution in [-0.4, -0.2) is 24.0 Å². The van der Waals surface area contributed by atoms with E-state index >= 15 is 0 Å². The highest BCUT2D eigenvalue weighted by Crippen LogP contribution is 2.21. The van der Waals surface area contributed by atoms with E-state index in [4.69, 9.17) is 4.74 Å². The summed E-state index contributed by atoms with van der Waals surface area (Å²) in [7, 11) is 1.28. The van der Waals surface area contributed by atoms with Gasteiger partial charge < -0.3 is 15.0 Å². The number of aromatic amines is 1. The van der Waals surface area contributed by atoms with Crippen LogP contribution in [-0.2, 0) is 4.74 Å². The Kier molecular flexibility index (Phi) is 4.30. The maximum Gasteiger partial charge on any atom is 0.339 e. The summed E-state index contributed by atoms with van der Waals surface area (Å²) in [5, 5.41) is 2.60. The highest BCUT2D eigenvalue weighted by atomic mass is 19.1. The molecule has 0 unspecified atom stereocenters. The third kappa shape index (κ3) is 2.86. The van der Waals surface area contributed by atoms with Crippen LogP contribution >= 0.6 is 0 Å². The number of anilines is 1. The van der Waals surface area contributed by atoms with Gasteiger partial charge in [0.05, 0.1) is 12.7 Å². The van der Waals surface area contributed by atoms with Crippen molar-refractivity contribution in [1.82, 2.24) is 4.98 Å². The molecule has 0 radical (unpaired) electrons. The molecule has 0 aliphatic carbocycles. The first-order valence-corrected chi connectivity index (χ1v) is 6.70. The van der Waals surface area contributed by atoms with Crippen LogP contribution in [0.1, 0.15) is 37.7 Å². The molecule has 5 nitrogen and oxygen atoms in total. The summed E-state index contributed by atoms with van der Waals surface area (Å²) in [5.74, 6) is -1.35. The lowest BCUT2D eigenvalue weighted by Gasteiger charge is -2.06. The SMILES string of the molecule is COC(=O)c1c(C)[nH]c(C(=O)Nc2ccc(C)c(F)c2)c1C. The van der Waals surface area contributed by atoms with Gasteiger partial charge in [-0.05, 0) is 44.0 Å². The van der Waals surface area contributed by atoms with E-state index < -0.39 is 17.7 Å². The smallest absolute Gasteiger partial charge is 0.339 e. The molecule has 116 valence electrons. The van der Waals surface area contributed by atoms with Crippen molar-refractivity contribution in [3.63, 3.8) is 0 Å². The largest absolute Gasteiger partial charge is 0.465 e. The number of aromatic nitrogens is 1. The van der Waals surface area contributed by atoms with Crippen LogP contribution in [0.2, 0.25) is 0 Å². The minimum Gasteiger partial charge on any atom is -0.465 e. The van der Waals surface area contributed by atoms with Crippen LogP contribution < -0.4 is 5.32 Å². The van der Waals surface area contributed by atoms with Gasteiger partial charge in [0, 0.05) is 11.4 Å². The fourth-order valence-electron chi connectivity index (χ4n) is 2.25. The van der Waals surface area contributed by atoms with Gasteiger partial charge in [0.2, 0.25) is 0 Å². The zero-order chi connectivity index (χ0) is 16.4. The summed E-state index contributed by atoms with van der Waals surface area (Å²) in [5.41, 5.74) is 2.47. The van der Waals surface area contributed by atoms with Crippen molar-refractivity contribution in [1.29, 1.82) is 0 Å². The normalized spacial score (nSPS) is 10.4. The Bertz CT molecular complexity index is 750. The molecule has 1 heterocycles. The number of carbonyl (C=O) groups excluding carboxylic acids is 2. The number of ether oxygens (including phenoxy) is 1. The molecular weight excluding hydrogens is 287 g/mol. The first-order chi connectivity index (χ1) is 10.3. The summed E-state index contributed by atoms with van der Waals surface area (Å²) >= 11 is 0. The fraction of sp³-hybridized carbons (Fsp3) is 0.250. The predicted molar refractivity (Wildman–Crippen MR) is 80.7 cm³/mol. The molecule has 0 atom stereocenters. The Labute approximate surface area is 127 Å². The lowest BCUT2D eigenvalue weighted by molar-refractivity contribution is 0.0599. The quantitative estimate of drug-likeness (QED) is 0.856. The van der Waals surface area contributed by atoms with Crippen molar-refractivity contribution < 1.29 is 18.7 Å². The van der Waals surface area contributed by atoms with Gasteiger partial charge in [-0.15, -0.1) is 0 Å². The van der Waals surface area contributed by atoms with Gasteiger partial charge in [-0.2, -0.15) is 0 Å². The van der Waals surface area contributed by atoms with Gasteiger partial charge in [0.1, 0.15) is 11.5 Å². The first kappa shape index (κ1) is 15.8. The zero-order valence-corrected chi connectivity index (χ0v) is 12.8. The van der Waals surface area contributed by atoms with E-state index in [9.17, 15) is 14.0 Å². The average Bonchev–Trinajstić information content (AvgIpc) is 2.77. The van der Waals surface area contributed by atoms with E-state index in [0.717, 1.165) is 0 Å². The molecule has 0 spiro atoms. The van der Waals surface area contributed by atoms with Crippen LogP contribution in [0, 0.1) is 26.6 Å². The monoisotopic (exact) mass is 304 g/mol. The Morgan fingerprint density at radius 3 is 2.50 bits per heavy atom. The number of hydrogen-bond donors (Lipinski definition) is 2. The molecular formula is C16H17FN2O3. The summed E-state index contributed by atoms with van der Waals surface area (Å²) < 4.78 is 18.2. The Morgan fingerprint density at radius 2 is 1.91 bits per heavy atom. The molecule has 2 N–H and O–H groups in total. The van der Waals surface area contributed by atoms with Crippen molar-refractivity contribution >= 4 is 17.6 Å². The van der Waals surface area contributed by atoms with E-state index in [1.807, 2.05) is 0 Å². The number of nitrogens with one attached hydrogen (secondary N) is 2.